The molecule has 0 aromatic carbocycles. The van der Waals surface area contributed by atoms with E-state index < -0.39 is 8.46 Å². The minimum Gasteiger partial charge on any atom is -0.396 e. The predicted molar refractivity (Wildman–Crippen MR) is 54.1 cm³/mol. The third kappa shape index (κ3) is 5.33. The third-order valence-electron chi connectivity index (χ3n) is 1.20. The molecular weight excluding hydrogens is 212 g/mol. The lowest BCUT2D eigenvalue weighted by molar-refractivity contribution is 0.322. The van der Waals surface area contributed by atoms with Gasteiger partial charge in [0.15, 0.2) is 0 Å². The van der Waals surface area contributed by atoms with Gasteiger partial charge in [0, 0.05) is 11.5 Å². The highest BCUT2D eigenvalue weighted by molar-refractivity contribution is 9.58. The van der Waals surface area contributed by atoms with E-state index in [0.29, 0.717) is 0 Å². The van der Waals surface area contributed by atoms with Crippen LogP contribution in [0.25, 0.3) is 0 Å². The number of hydrogen-bond donors (Lipinski definition) is 1. The van der Waals surface area contributed by atoms with Gasteiger partial charge in [0.2, 0.25) is 0 Å². The molecule has 0 saturated carbocycles. The van der Waals surface area contributed by atoms with Gasteiger partial charge in [-0.2, -0.15) is 8.46 Å². The fourth-order valence-electron chi connectivity index (χ4n) is 0.571. The molecule has 1 unspecified atom stereocenters. The molecule has 10 heavy (non-hydrogen) atoms. The first-order valence-electron chi connectivity index (χ1n) is 3.28. The summed E-state index contributed by atoms with van der Waals surface area (Å²) in [5.74, 6) is 1.95. The van der Waals surface area contributed by atoms with Crippen molar-refractivity contribution in [1.29, 1.82) is 0 Å². The van der Waals surface area contributed by atoms with Crippen molar-refractivity contribution in [3.05, 3.63) is 12.2 Å². The summed E-state index contributed by atoms with van der Waals surface area (Å²) in [5, 5.41) is 8.67. The molecule has 1 N–H and O–H groups in total. The topological polar surface area (TPSA) is 20.2 Å². The number of allylic oxidation sites excluding steroid dienone is 1. The molecule has 1 atom stereocenters. The van der Waals surface area contributed by atoms with Crippen molar-refractivity contribution in [2.45, 2.75) is 6.92 Å². The highest BCUT2D eigenvalue weighted by Gasteiger charge is 2.09. The average molecular weight is 227 g/mol. The molecule has 0 rings (SSSR count). The lowest BCUT2D eigenvalue weighted by atomic mass is 10.6. The van der Waals surface area contributed by atoms with Crippen LogP contribution in [0, 0.1) is 0 Å². The van der Waals surface area contributed by atoms with Crippen LogP contribution in [-0.4, -0.2) is 29.5 Å². The van der Waals surface area contributed by atoms with Crippen molar-refractivity contribution in [2.75, 3.05) is 24.4 Å². The summed E-state index contributed by atoms with van der Waals surface area (Å²) in [5.41, 5.74) is 0. The maximum absolute atomic E-state index is 8.67. The summed E-state index contributed by atoms with van der Waals surface area (Å²) in [6, 6.07) is 0. The van der Waals surface area contributed by atoms with E-state index in [2.05, 4.69) is 27.1 Å². The molecule has 0 heterocycles. The SMILES string of the molecule is C/C=C/CS(C)(Br)CCO. The number of hydrogen-bond acceptors (Lipinski definition) is 1. The van der Waals surface area contributed by atoms with E-state index in [1.807, 2.05) is 13.0 Å². The molecule has 0 fully saturated rings. The summed E-state index contributed by atoms with van der Waals surface area (Å²) < 4.78 is 0. The van der Waals surface area contributed by atoms with Crippen molar-refractivity contribution in [2.24, 2.45) is 0 Å². The largest absolute Gasteiger partial charge is 0.396 e. The van der Waals surface area contributed by atoms with Crippen LogP contribution in [0.2, 0.25) is 0 Å². The van der Waals surface area contributed by atoms with Gasteiger partial charge in [-0.05, 0) is 28.0 Å². The number of halogens is 1. The minimum absolute atomic E-state index is 0.286. The van der Waals surface area contributed by atoms with Gasteiger partial charge in [-0.25, -0.2) is 0 Å². The van der Waals surface area contributed by atoms with E-state index >= 15 is 0 Å². The second-order valence-corrected chi connectivity index (χ2v) is 10.1. The molecule has 1 nitrogen and oxygen atoms in total. The smallest absolute Gasteiger partial charge is 0.0514 e. The van der Waals surface area contributed by atoms with E-state index in [0.717, 1.165) is 11.5 Å². The molecule has 0 aliphatic carbocycles. The van der Waals surface area contributed by atoms with Crippen LogP contribution in [0.1, 0.15) is 6.92 Å². The Morgan fingerprint density at radius 2 is 2.20 bits per heavy atom. The summed E-state index contributed by atoms with van der Waals surface area (Å²) >= 11 is 3.62. The number of aliphatic hydroxyl groups excluding tert-OH is 1. The Balaban J connectivity index is 3.62. The maximum atomic E-state index is 8.67. The average Bonchev–Trinajstić information content (AvgIpc) is 1.84. The molecule has 0 aliphatic heterocycles. The van der Waals surface area contributed by atoms with Gasteiger partial charge in [-0.15, -0.1) is 0 Å². The molecule has 0 spiro atoms. The molecule has 0 aromatic rings. The molecule has 62 valence electrons. The van der Waals surface area contributed by atoms with Crippen LogP contribution in [0.3, 0.4) is 0 Å². The van der Waals surface area contributed by atoms with Crippen LogP contribution in [0.4, 0.5) is 0 Å². The monoisotopic (exact) mass is 226 g/mol. The quantitative estimate of drug-likeness (QED) is 0.730. The normalized spacial score (nSPS) is 20.8. The Morgan fingerprint density at radius 1 is 1.60 bits per heavy atom. The molecule has 0 amide bonds. The lowest BCUT2D eigenvalue weighted by Crippen LogP contribution is -2.02. The molecule has 0 saturated heterocycles. The van der Waals surface area contributed by atoms with Gasteiger partial charge in [0.25, 0.3) is 0 Å². The van der Waals surface area contributed by atoms with Crippen molar-refractivity contribution < 1.29 is 5.11 Å². The van der Waals surface area contributed by atoms with Crippen molar-refractivity contribution in [3.63, 3.8) is 0 Å². The van der Waals surface area contributed by atoms with Gasteiger partial charge in [0.1, 0.15) is 0 Å². The van der Waals surface area contributed by atoms with Crippen molar-refractivity contribution in [1.82, 2.24) is 0 Å². The van der Waals surface area contributed by atoms with Crippen molar-refractivity contribution in [3.8, 4) is 0 Å². The summed E-state index contributed by atoms with van der Waals surface area (Å²) in [6.45, 7) is 2.30. The highest BCUT2D eigenvalue weighted by atomic mass is 79.9. The molecule has 0 aromatic heterocycles. The summed E-state index contributed by atoms with van der Waals surface area (Å²) in [6.07, 6.45) is 6.35. The number of rotatable bonds is 4. The van der Waals surface area contributed by atoms with Gasteiger partial charge in [0.05, 0.1) is 6.61 Å². The Morgan fingerprint density at radius 3 is 2.60 bits per heavy atom. The van der Waals surface area contributed by atoms with Gasteiger partial charge in [-0.3, -0.25) is 0 Å². The second kappa shape index (κ2) is 5.22. The molecule has 3 heteroatoms. The van der Waals surface area contributed by atoms with E-state index in [1.54, 1.807) is 0 Å². The predicted octanol–water partition coefficient (Wildman–Crippen LogP) is 2.30. The Labute approximate surface area is 72.0 Å². The highest BCUT2D eigenvalue weighted by Crippen LogP contribution is 2.51. The zero-order valence-corrected chi connectivity index (χ0v) is 8.91. The molecule has 0 bridgehead atoms. The van der Waals surface area contributed by atoms with Gasteiger partial charge in [-0.1, -0.05) is 12.2 Å². The van der Waals surface area contributed by atoms with E-state index in [4.69, 9.17) is 5.11 Å². The Kier molecular flexibility index (Phi) is 5.49. The minimum atomic E-state index is -0.718. The Hall–Kier alpha value is 0.530. The fourth-order valence-corrected chi connectivity index (χ4v) is 2.60. The zero-order valence-electron chi connectivity index (χ0n) is 6.51. The molecule has 0 radical (unpaired) electrons. The van der Waals surface area contributed by atoms with E-state index in [-0.39, 0.29) is 6.61 Å². The molecule has 0 aliphatic rings. The van der Waals surface area contributed by atoms with Crippen LogP contribution in [0.5, 0.6) is 0 Å². The zero-order chi connectivity index (χ0) is 8.04. The standard InChI is InChI=1S/C7H15BrOS/c1-3-4-6-10(2,8)7-5-9/h3-4,9H,5-7H2,1-2H3/b4-3+. The van der Waals surface area contributed by atoms with Crippen LogP contribution in [0.15, 0.2) is 12.2 Å². The van der Waals surface area contributed by atoms with Gasteiger partial charge >= 0.3 is 0 Å². The van der Waals surface area contributed by atoms with Crippen LogP contribution in [-0.2, 0) is 0 Å². The lowest BCUT2D eigenvalue weighted by Gasteiger charge is -2.25. The van der Waals surface area contributed by atoms with E-state index in [9.17, 15) is 0 Å². The Bertz CT molecular complexity index is 112. The van der Waals surface area contributed by atoms with Gasteiger partial charge < -0.3 is 5.11 Å². The van der Waals surface area contributed by atoms with Crippen molar-refractivity contribution >= 4 is 23.3 Å². The van der Waals surface area contributed by atoms with Crippen LogP contribution >= 0.6 is 23.3 Å². The molecular formula is C7H15BrOS. The summed E-state index contributed by atoms with van der Waals surface area (Å²) in [7, 11) is -0.718. The first-order valence-corrected chi connectivity index (χ1v) is 7.50. The maximum Gasteiger partial charge on any atom is 0.0514 e. The van der Waals surface area contributed by atoms with E-state index in [1.165, 1.54) is 0 Å². The first-order chi connectivity index (χ1) is 4.62. The second-order valence-electron chi connectivity index (χ2n) is 2.32. The third-order valence-corrected chi connectivity index (χ3v) is 4.88. The van der Waals surface area contributed by atoms with Crippen LogP contribution < -0.4 is 0 Å². The number of aliphatic hydroxyl groups is 1. The summed E-state index contributed by atoms with van der Waals surface area (Å²) in [4.78, 5) is 0. The first kappa shape index (κ1) is 10.5. The fraction of sp³-hybridized carbons (Fsp3) is 0.714.